The van der Waals surface area contributed by atoms with Crippen LogP contribution in [0.3, 0.4) is 0 Å². The van der Waals surface area contributed by atoms with E-state index in [4.69, 9.17) is 16.3 Å². The number of hydrogen-bond acceptors (Lipinski definition) is 6. The van der Waals surface area contributed by atoms with Gasteiger partial charge in [0.1, 0.15) is 12.1 Å². The first-order valence-corrected chi connectivity index (χ1v) is 8.59. The van der Waals surface area contributed by atoms with E-state index in [1.54, 1.807) is 60.7 Å². The molecule has 0 aliphatic rings. The number of nitrogens with one attached hydrogen (secondary N) is 1. The summed E-state index contributed by atoms with van der Waals surface area (Å²) in [5.41, 5.74) is 1.69. The van der Waals surface area contributed by atoms with Crippen LogP contribution in [-0.2, 0) is 0 Å². The molecule has 0 spiro atoms. The lowest BCUT2D eigenvalue weighted by Gasteiger charge is -2.08. The van der Waals surface area contributed by atoms with Crippen LogP contribution < -0.4 is 10.1 Å². The number of aromatic nitrogens is 5. The average molecular weight is 393 g/mol. The fourth-order valence-corrected chi connectivity index (χ4v) is 2.54. The lowest BCUT2D eigenvalue weighted by atomic mass is 10.2. The van der Waals surface area contributed by atoms with Crippen molar-refractivity contribution in [2.75, 3.05) is 5.32 Å². The summed E-state index contributed by atoms with van der Waals surface area (Å²) < 4.78 is 7.10. The minimum Gasteiger partial charge on any atom is -0.439 e. The highest BCUT2D eigenvalue weighted by atomic mass is 35.5. The third-order valence-electron chi connectivity index (χ3n) is 3.75. The molecule has 0 bridgehead atoms. The van der Waals surface area contributed by atoms with Crippen LogP contribution in [0.15, 0.2) is 73.2 Å². The van der Waals surface area contributed by atoms with Gasteiger partial charge in [0, 0.05) is 16.7 Å². The molecule has 138 valence electrons. The highest BCUT2D eigenvalue weighted by Gasteiger charge is 2.09. The number of anilines is 1. The average Bonchev–Trinajstić information content (AvgIpc) is 3.26. The standard InChI is InChI=1S/C19H13ClN6O2/c20-14-4-7-17(8-5-14)28-18-9-6-15(11-21-18)23-19(27)13-2-1-3-16(10-13)26-12-22-24-25-26/h1-12H,(H,23,27). The summed E-state index contributed by atoms with van der Waals surface area (Å²) in [7, 11) is 0. The minimum absolute atomic E-state index is 0.275. The van der Waals surface area contributed by atoms with Gasteiger partial charge in [-0.3, -0.25) is 4.79 Å². The lowest BCUT2D eigenvalue weighted by molar-refractivity contribution is 0.102. The van der Waals surface area contributed by atoms with Crippen molar-refractivity contribution >= 4 is 23.2 Å². The Kier molecular flexibility index (Phi) is 4.94. The molecule has 1 N–H and O–H groups in total. The molecule has 8 nitrogen and oxygen atoms in total. The Bertz CT molecular complexity index is 1080. The number of rotatable bonds is 5. The second-order valence-electron chi connectivity index (χ2n) is 5.70. The number of benzene rings is 2. The first kappa shape index (κ1) is 17.6. The summed E-state index contributed by atoms with van der Waals surface area (Å²) >= 11 is 5.85. The molecule has 0 unspecified atom stereocenters. The molecule has 0 saturated heterocycles. The first-order valence-electron chi connectivity index (χ1n) is 8.22. The molecular formula is C19H13ClN6O2. The van der Waals surface area contributed by atoms with E-state index in [2.05, 4.69) is 25.8 Å². The first-order chi connectivity index (χ1) is 13.7. The Morgan fingerprint density at radius 1 is 1.07 bits per heavy atom. The maximum Gasteiger partial charge on any atom is 0.255 e. The molecule has 9 heteroatoms. The monoisotopic (exact) mass is 392 g/mol. The highest BCUT2D eigenvalue weighted by molar-refractivity contribution is 6.30. The van der Waals surface area contributed by atoms with Gasteiger partial charge >= 0.3 is 0 Å². The van der Waals surface area contributed by atoms with E-state index in [0.717, 1.165) is 0 Å². The van der Waals surface area contributed by atoms with Gasteiger partial charge in [-0.1, -0.05) is 17.7 Å². The summed E-state index contributed by atoms with van der Waals surface area (Å²) in [6.07, 6.45) is 2.98. The normalized spacial score (nSPS) is 10.5. The number of nitrogens with zero attached hydrogens (tertiary/aromatic N) is 5. The van der Waals surface area contributed by atoms with Gasteiger partial charge in [-0.05, 0) is 59.0 Å². The van der Waals surface area contributed by atoms with Gasteiger partial charge in [0.2, 0.25) is 5.88 Å². The lowest BCUT2D eigenvalue weighted by Crippen LogP contribution is -2.12. The van der Waals surface area contributed by atoms with Crippen molar-refractivity contribution in [3.8, 4) is 17.3 Å². The van der Waals surface area contributed by atoms with Crippen LogP contribution in [0.5, 0.6) is 11.6 Å². The SMILES string of the molecule is O=C(Nc1ccc(Oc2ccc(Cl)cc2)nc1)c1cccc(-n2cnnn2)c1. The quantitative estimate of drug-likeness (QED) is 0.555. The van der Waals surface area contributed by atoms with Crippen molar-refractivity contribution < 1.29 is 9.53 Å². The summed E-state index contributed by atoms with van der Waals surface area (Å²) in [6.45, 7) is 0. The molecule has 4 aromatic rings. The predicted molar refractivity (Wildman–Crippen MR) is 103 cm³/mol. The number of halogens is 1. The molecule has 0 fully saturated rings. The number of pyridine rings is 1. The third-order valence-corrected chi connectivity index (χ3v) is 4.00. The Morgan fingerprint density at radius 2 is 1.93 bits per heavy atom. The molecule has 1 amide bonds. The molecule has 2 aromatic heterocycles. The van der Waals surface area contributed by atoms with Gasteiger partial charge in [0.25, 0.3) is 5.91 Å². The van der Waals surface area contributed by atoms with Crippen LogP contribution in [-0.4, -0.2) is 31.1 Å². The second-order valence-corrected chi connectivity index (χ2v) is 6.14. The molecule has 0 radical (unpaired) electrons. The van der Waals surface area contributed by atoms with Crippen molar-refractivity contribution in [1.29, 1.82) is 0 Å². The van der Waals surface area contributed by atoms with Crippen LogP contribution >= 0.6 is 11.6 Å². The third kappa shape index (κ3) is 4.13. The number of hydrogen-bond donors (Lipinski definition) is 1. The van der Waals surface area contributed by atoms with E-state index >= 15 is 0 Å². The van der Waals surface area contributed by atoms with Crippen molar-refractivity contribution in [2.45, 2.75) is 0 Å². The molecule has 0 aliphatic carbocycles. The van der Waals surface area contributed by atoms with Crippen molar-refractivity contribution in [3.05, 3.63) is 83.8 Å². The van der Waals surface area contributed by atoms with E-state index in [-0.39, 0.29) is 5.91 Å². The maximum absolute atomic E-state index is 12.5. The van der Waals surface area contributed by atoms with Crippen LogP contribution in [0.25, 0.3) is 5.69 Å². The van der Waals surface area contributed by atoms with Crippen LogP contribution in [0.1, 0.15) is 10.4 Å². The van der Waals surface area contributed by atoms with Crippen molar-refractivity contribution in [3.63, 3.8) is 0 Å². The molecule has 0 aliphatic heterocycles. The molecule has 0 atom stereocenters. The zero-order chi connectivity index (χ0) is 19.3. The zero-order valence-corrected chi connectivity index (χ0v) is 15.1. The van der Waals surface area contributed by atoms with Gasteiger partial charge in [0.05, 0.1) is 17.6 Å². The Labute approximate surface area is 164 Å². The smallest absolute Gasteiger partial charge is 0.255 e. The van der Waals surface area contributed by atoms with Gasteiger partial charge in [-0.2, -0.15) is 0 Å². The number of carbonyl (C=O) groups is 1. The Morgan fingerprint density at radius 3 is 2.64 bits per heavy atom. The molecule has 0 saturated carbocycles. The molecule has 2 aromatic carbocycles. The van der Waals surface area contributed by atoms with Gasteiger partial charge in [0.15, 0.2) is 0 Å². The van der Waals surface area contributed by atoms with Crippen molar-refractivity contribution in [1.82, 2.24) is 25.2 Å². The van der Waals surface area contributed by atoms with Gasteiger partial charge < -0.3 is 10.1 Å². The van der Waals surface area contributed by atoms with E-state index in [1.165, 1.54) is 17.2 Å². The van der Waals surface area contributed by atoms with Gasteiger partial charge in [-0.15, -0.1) is 5.10 Å². The van der Waals surface area contributed by atoms with E-state index in [0.29, 0.717) is 33.6 Å². The number of ether oxygens (including phenoxy) is 1. The molecule has 28 heavy (non-hydrogen) atoms. The zero-order valence-electron chi connectivity index (χ0n) is 14.4. The molecule has 2 heterocycles. The largest absolute Gasteiger partial charge is 0.439 e. The minimum atomic E-state index is -0.275. The summed E-state index contributed by atoms with van der Waals surface area (Å²) in [4.78, 5) is 16.7. The van der Waals surface area contributed by atoms with Crippen LogP contribution in [0, 0.1) is 0 Å². The summed E-state index contributed by atoms with van der Waals surface area (Å²) in [5, 5.41) is 14.4. The second kappa shape index (κ2) is 7.85. The molecular weight excluding hydrogens is 380 g/mol. The summed E-state index contributed by atoms with van der Waals surface area (Å²) in [6, 6.07) is 17.3. The highest BCUT2D eigenvalue weighted by Crippen LogP contribution is 2.22. The van der Waals surface area contributed by atoms with Crippen LogP contribution in [0.2, 0.25) is 5.02 Å². The number of amides is 1. The fourth-order valence-electron chi connectivity index (χ4n) is 2.41. The Balaban J connectivity index is 1.43. The summed E-state index contributed by atoms with van der Waals surface area (Å²) in [5.74, 6) is 0.747. The van der Waals surface area contributed by atoms with E-state index in [9.17, 15) is 4.79 Å². The maximum atomic E-state index is 12.5. The number of tetrazole rings is 1. The Hall–Kier alpha value is -3.78. The predicted octanol–water partition coefficient (Wildman–Crippen LogP) is 3.76. The molecule has 4 rings (SSSR count). The van der Waals surface area contributed by atoms with Crippen molar-refractivity contribution in [2.24, 2.45) is 0 Å². The number of carbonyl (C=O) groups excluding carboxylic acids is 1. The van der Waals surface area contributed by atoms with E-state index < -0.39 is 0 Å². The van der Waals surface area contributed by atoms with Crippen LogP contribution in [0.4, 0.5) is 5.69 Å². The van der Waals surface area contributed by atoms with E-state index in [1.807, 2.05) is 0 Å². The topological polar surface area (TPSA) is 94.8 Å². The van der Waals surface area contributed by atoms with Gasteiger partial charge in [-0.25, -0.2) is 9.67 Å². The fraction of sp³-hybridized carbons (Fsp3) is 0.